The minimum Gasteiger partial charge on any atom is -0.326 e. The van der Waals surface area contributed by atoms with Crippen molar-refractivity contribution >= 4 is 17.2 Å². The van der Waals surface area contributed by atoms with Gasteiger partial charge in [0.05, 0.1) is 5.69 Å². The predicted octanol–water partition coefficient (Wildman–Crippen LogP) is 2.32. The molecule has 0 aliphatic heterocycles. The molecule has 24 heavy (non-hydrogen) atoms. The molecule has 0 unspecified atom stereocenters. The maximum Gasteiger partial charge on any atom is 0.227 e. The lowest BCUT2D eigenvalue weighted by Gasteiger charge is -2.11. The smallest absolute Gasteiger partial charge is 0.227 e. The van der Waals surface area contributed by atoms with Gasteiger partial charge in [0.1, 0.15) is 18.1 Å². The zero-order chi connectivity index (χ0) is 16.7. The Hall–Kier alpha value is -3.27. The van der Waals surface area contributed by atoms with Gasteiger partial charge >= 0.3 is 0 Å². The summed E-state index contributed by atoms with van der Waals surface area (Å²) in [4.78, 5) is 20.5. The molecule has 0 spiro atoms. The Labute approximate surface area is 138 Å². The fourth-order valence-electron chi connectivity index (χ4n) is 2.67. The number of nitrogens with zero attached hydrogens (tertiary/aromatic N) is 5. The predicted molar refractivity (Wildman–Crippen MR) is 87.0 cm³/mol. The van der Waals surface area contributed by atoms with Crippen LogP contribution in [0.5, 0.6) is 0 Å². The van der Waals surface area contributed by atoms with Gasteiger partial charge in [0.25, 0.3) is 0 Å². The number of hydrogen-bond donors (Lipinski definition) is 1. The number of carbonyl (C=O) groups excluding carboxylic acids is 1. The molecule has 0 saturated heterocycles. The van der Waals surface area contributed by atoms with Crippen LogP contribution in [0.15, 0.2) is 30.6 Å². The zero-order valence-electron chi connectivity index (χ0n) is 13.0. The minimum atomic E-state index is 0.0412. The Morgan fingerprint density at radius 2 is 2.21 bits per heavy atom. The van der Waals surface area contributed by atoms with E-state index in [0.29, 0.717) is 17.0 Å². The van der Waals surface area contributed by atoms with Gasteiger partial charge in [-0.1, -0.05) is 0 Å². The van der Waals surface area contributed by atoms with Gasteiger partial charge in [-0.3, -0.25) is 4.79 Å². The molecule has 3 aromatic heterocycles. The number of nitriles is 1. The van der Waals surface area contributed by atoms with Crippen LogP contribution >= 0.6 is 0 Å². The van der Waals surface area contributed by atoms with Crippen molar-refractivity contribution in [2.75, 3.05) is 5.32 Å². The first-order valence-electron chi connectivity index (χ1n) is 7.68. The first kappa shape index (κ1) is 14.3. The summed E-state index contributed by atoms with van der Waals surface area (Å²) in [6.07, 6.45) is 3.37. The first-order chi connectivity index (χ1) is 11.7. The van der Waals surface area contributed by atoms with Crippen LogP contribution in [0.4, 0.5) is 5.69 Å². The van der Waals surface area contributed by atoms with Gasteiger partial charge in [-0.15, -0.1) is 0 Å². The van der Waals surface area contributed by atoms with Crippen molar-refractivity contribution in [3.63, 3.8) is 0 Å². The summed E-state index contributed by atoms with van der Waals surface area (Å²) < 4.78 is 1.70. The van der Waals surface area contributed by atoms with E-state index in [0.717, 1.165) is 29.8 Å². The van der Waals surface area contributed by atoms with E-state index < -0.39 is 0 Å². The second kappa shape index (κ2) is 5.42. The summed E-state index contributed by atoms with van der Waals surface area (Å²) in [5.74, 6) is 0.167. The molecule has 1 fully saturated rings. The molecule has 3 aromatic rings. The Morgan fingerprint density at radius 1 is 1.38 bits per heavy atom. The van der Waals surface area contributed by atoms with Crippen molar-refractivity contribution < 1.29 is 4.79 Å². The van der Waals surface area contributed by atoms with E-state index in [4.69, 9.17) is 5.26 Å². The van der Waals surface area contributed by atoms with E-state index in [1.165, 1.54) is 6.33 Å². The molecular formula is C17H14N6O. The minimum absolute atomic E-state index is 0.0412. The topological polar surface area (TPSA) is 96.0 Å². The van der Waals surface area contributed by atoms with Crippen LogP contribution in [0.1, 0.15) is 24.2 Å². The fraction of sp³-hybridized carbons (Fsp3) is 0.235. The van der Waals surface area contributed by atoms with Crippen LogP contribution in [0.25, 0.3) is 16.9 Å². The zero-order valence-corrected chi connectivity index (χ0v) is 13.0. The average Bonchev–Trinajstić information content (AvgIpc) is 3.32. The number of aryl methyl sites for hydroxylation is 1. The molecule has 3 heterocycles. The molecule has 1 N–H and O–H groups in total. The molecule has 0 aromatic carbocycles. The molecule has 4 rings (SSSR count). The summed E-state index contributed by atoms with van der Waals surface area (Å²) in [5.41, 5.74) is 4.02. The Bertz CT molecular complexity index is 996. The Kier molecular flexibility index (Phi) is 3.24. The summed E-state index contributed by atoms with van der Waals surface area (Å²) in [6, 6.07) is 9.19. The van der Waals surface area contributed by atoms with Crippen LogP contribution in [0, 0.1) is 24.2 Å². The van der Waals surface area contributed by atoms with Gasteiger partial charge in [0, 0.05) is 28.9 Å². The highest BCUT2D eigenvalue weighted by molar-refractivity contribution is 5.95. The Balaban J connectivity index is 1.83. The van der Waals surface area contributed by atoms with Gasteiger partial charge in [-0.2, -0.15) is 10.4 Å². The van der Waals surface area contributed by atoms with E-state index in [-0.39, 0.29) is 11.8 Å². The van der Waals surface area contributed by atoms with Gasteiger partial charge in [-0.05, 0) is 38.0 Å². The lowest BCUT2D eigenvalue weighted by Crippen LogP contribution is -2.14. The highest BCUT2D eigenvalue weighted by Crippen LogP contribution is 2.31. The summed E-state index contributed by atoms with van der Waals surface area (Å²) >= 11 is 0. The van der Waals surface area contributed by atoms with Crippen molar-refractivity contribution in [1.82, 2.24) is 19.6 Å². The number of anilines is 1. The standard InChI is InChI=1S/C17H14N6O/c1-10-14(5-4-12(8-18)21-10)15-6-13(22-17(24)11-2-3-11)7-16-19-9-20-23(15)16/h4-7,9,11H,2-3H2,1H3,(H,22,24). The number of hydrogen-bond acceptors (Lipinski definition) is 5. The number of amides is 1. The van der Waals surface area contributed by atoms with Crippen molar-refractivity contribution in [1.29, 1.82) is 5.26 Å². The second-order valence-corrected chi connectivity index (χ2v) is 5.86. The number of nitrogens with one attached hydrogen (secondary N) is 1. The maximum absolute atomic E-state index is 12.0. The van der Waals surface area contributed by atoms with Crippen LogP contribution in [0.2, 0.25) is 0 Å². The SMILES string of the molecule is Cc1nc(C#N)ccc1-c1cc(NC(=O)C2CC2)cc2ncnn12. The molecule has 0 atom stereocenters. The van der Waals surface area contributed by atoms with Gasteiger partial charge in [-0.25, -0.2) is 14.5 Å². The molecule has 7 heteroatoms. The maximum atomic E-state index is 12.0. The number of fused-ring (bicyclic) bond motifs is 1. The van der Waals surface area contributed by atoms with E-state index >= 15 is 0 Å². The van der Waals surface area contributed by atoms with Gasteiger partial charge in [0.2, 0.25) is 5.91 Å². The van der Waals surface area contributed by atoms with Gasteiger partial charge in [0.15, 0.2) is 5.65 Å². The monoisotopic (exact) mass is 318 g/mol. The molecule has 1 saturated carbocycles. The van der Waals surface area contributed by atoms with Crippen LogP contribution in [-0.4, -0.2) is 25.5 Å². The van der Waals surface area contributed by atoms with Crippen molar-refractivity contribution in [3.05, 3.63) is 42.0 Å². The molecule has 1 aliphatic rings. The average molecular weight is 318 g/mol. The summed E-state index contributed by atoms with van der Waals surface area (Å²) in [7, 11) is 0. The molecule has 0 radical (unpaired) electrons. The number of carbonyl (C=O) groups is 1. The number of pyridine rings is 2. The highest BCUT2D eigenvalue weighted by Gasteiger charge is 2.29. The van der Waals surface area contributed by atoms with Gasteiger partial charge < -0.3 is 5.32 Å². The van der Waals surface area contributed by atoms with E-state index in [2.05, 4.69) is 20.4 Å². The largest absolute Gasteiger partial charge is 0.326 e. The molecule has 0 bridgehead atoms. The third-order valence-corrected chi connectivity index (χ3v) is 4.07. The van der Waals surface area contributed by atoms with Crippen molar-refractivity contribution in [2.24, 2.45) is 5.92 Å². The van der Waals surface area contributed by atoms with Crippen molar-refractivity contribution in [2.45, 2.75) is 19.8 Å². The fourth-order valence-corrected chi connectivity index (χ4v) is 2.67. The lowest BCUT2D eigenvalue weighted by atomic mass is 10.1. The summed E-state index contributed by atoms with van der Waals surface area (Å²) in [5, 5.41) is 16.2. The molecule has 1 aliphatic carbocycles. The molecule has 7 nitrogen and oxygen atoms in total. The number of aromatic nitrogens is 4. The van der Waals surface area contributed by atoms with Crippen molar-refractivity contribution in [3.8, 4) is 17.3 Å². The van der Waals surface area contributed by atoms with E-state index in [1.807, 2.05) is 25.1 Å². The van der Waals surface area contributed by atoms with Crippen LogP contribution < -0.4 is 5.32 Å². The molecular weight excluding hydrogens is 304 g/mol. The molecule has 118 valence electrons. The normalized spacial score (nSPS) is 13.7. The highest BCUT2D eigenvalue weighted by atomic mass is 16.2. The lowest BCUT2D eigenvalue weighted by molar-refractivity contribution is -0.117. The van der Waals surface area contributed by atoms with E-state index in [1.54, 1.807) is 16.6 Å². The first-order valence-corrected chi connectivity index (χ1v) is 7.68. The third-order valence-electron chi connectivity index (χ3n) is 4.07. The second-order valence-electron chi connectivity index (χ2n) is 5.86. The quantitative estimate of drug-likeness (QED) is 0.799. The van der Waals surface area contributed by atoms with Crippen LogP contribution in [0.3, 0.4) is 0 Å². The third kappa shape index (κ3) is 2.48. The molecule has 1 amide bonds. The van der Waals surface area contributed by atoms with E-state index in [9.17, 15) is 4.79 Å². The van der Waals surface area contributed by atoms with Crippen LogP contribution in [-0.2, 0) is 4.79 Å². The Morgan fingerprint density at radius 3 is 2.92 bits per heavy atom. The summed E-state index contributed by atoms with van der Waals surface area (Å²) in [6.45, 7) is 1.84. The number of rotatable bonds is 3.